The number of fused-ring (bicyclic) bond motifs is 5. The van der Waals surface area contributed by atoms with Gasteiger partial charge in [-0.05, 0) is 78.6 Å². The van der Waals surface area contributed by atoms with E-state index in [0.717, 1.165) is 17.3 Å². The standard InChI is InChI=1S/C30H25BrN2O5/c31-20-9-11-21(12-10-20)32-25(34)16-38-30(37)18-7-4-8-22(13-18)33-28(35)26-19-14-23(17-5-2-1-3-6-17)24(15-19)27(26)29(33)36/h1-13,19,23-24,26-27H,14-16H2,(H,32,34)/t19-,23-,24+,26+,27+/m0/s1. The molecule has 1 saturated heterocycles. The maximum atomic E-state index is 13.6. The van der Waals surface area contributed by atoms with Gasteiger partial charge in [0, 0.05) is 10.2 Å². The number of nitrogens with zero attached hydrogens (tertiary/aromatic N) is 1. The molecule has 3 amide bonds. The Hall–Kier alpha value is -3.78. The van der Waals surface area contributed by atoms with Gasteiger partial charge in [0.25, 0.3) is 5.91 Å². The molecule has 192 valence electrons. The third-order valence-electron chi connectivity index (χ3n) is 8.05. The maximum Gasteiger partial charge on any atom is 0.338 e. The Morgan fingerprint density at radius 2 is 1.63 bits per heavy atom. The van der Waals surface area contributed by atoms with Gasteiger partial charge in [0.05, 0.1) is 23.1 Å². The Morgan fingerprint density at radius 3 is 2.39 bits per heavy atom. The third kappa shape index (κ3) is 4.32. The summed E-state index contributed by atoms with van der Waals surface area (Å²) in [5, 5.41) is 2.66. The van der Waals surface area contributed by atoms with Crippen molar-refractivity contribution in [1.29, 1.82) is 0 Å². The molecule has 3 fully saturated rings. The molecule has 2 saturated carbocycles. The van der Waals surface area contributed by atoms with E-state index in [1.807, 2.05) is 18.2 Å². The van der Waals surface area contributed by atoms with Crippen LogP contribution in [0.4, 0.5) is 11.4 Å². The monoisotopic (exact) mass is 572 g/mol. The fraction of sp³-hybridized carbons (Fsp3) is 0.267. The molecular formula is C30H25BrN2O5. The molecule has 2 aliphatic carbocycles. The molecule has 6 rings (SSSR count). The highest BCUT2D eigenvalue weighted by Crippen LogP contribution is 2.61. The van der Waals surface area contributed by atoms with Crippen molar-refractivity contribution in [3.05, 3.63) is 94.5 Å². The number of halogens is 1. The molecule has 1 aliphatic heterocycles. The Labute approximate surface area is 228 Å². The minimum absolute atomic E-state index is 0.145. The van der Waals surface area contributed by atoms with Gasteiger partial charge in [-0.2, -0.15) is 0 Å². The molecule has 3 aliphatic rings. The van der Waals surface area contributed by atoms with Gasteiger partial charge in [-0.15, -0.1) is 0 Å². The Balaban J connectivity index is 1.14. The summed E-state index contributed by atoms with van der Waals surface area (Å²) in [4.78, 5) is 53.2. The van der Waals surface area contributed by atoms with Crippen LogP contribution in [-0.4, -0.2) is 30.3 Å². The van der Waals surface area contributed by atoms with E-state index in [4.69, 9.17) is 4.74 Å². The number of nitrogens with one attached hydrogen (secondary N) is 1. The van der Waals surface area contributed by atoms with Gasteiger partial charge in [-0.1, -0.05) is 52.3 Å². The first-order valence-electron chi connectivity index (χ1n) is 12.7. The maximum absolute atomic E-state index is 13.6. The number of benzene rings is 3. The van der Waals surface area contributed by atoms with Crippen molar-refractivity contribution in [1.82, 2.24) is 0 Å². The van der Waals surface area contributed by atoms with Gasteiger partial charge in [-0.25, -0.2) is 4.79 Å². The number of anilines is 2. The van der Waals surface area contributed by atoms with E-state index in [1.54, 1.807) is 42.5 Å². The van der Waals surface area contributed by atoms with Crippen molar-refractivity contribution < 1.29 is 23.9 Å². The number of esters is 1. The van der Waals surface area contributed by atoms with E-state index < -0.39 is 18.5 Å². The second-order valence-corrected chi connectivity index (χ2v) is 11.1. The van der Waals surface area contributed by atoms with Crippen molar-refractivity contribution in [2.45, 2.75) is 18.8 Å². The van der Waals surface area contributed by atoms with Gasteiger partial charge in [-0.3, -0.25) is 19.3 Å². The quantitative estimate of drug-likeness (QED) is 0.325. The number of rotatable bonds is 6. The summed E-state index contributed by atoms with van der Waals surface area (Å²) in [6.45, 7) is -0.463. The van der Waals surface area contributed by atoms with E-state index in [9.17, 15) is 19.2 Å². The minimum atomic E-state index is -0.707. The molecule has 7 nitrogen and oxygen atoms in total. The molecule has 1 heterocycles. The SMILES string of the molecule is O=C(COC(=O)c1cccc(N2C(=O)[C@@H]3[C@@H]4C[C@@H]([C@H]3C2=O)[C@H](c2ccccc2)C4)c1)Nc1ccc(Br)cc1. The highest BCUT2D eigenvalue weighted by Gasteiger charge is 2.64. The second-order valence-electron chi connectivity index (χ2n) is 10.2. The normalized spacial score (nSPS) is 25.4. The van der Waals surface area contributed by atoms with Gasteiger partial charge in [0.15, 0.2) is 6.61 Å². The predicted molar refractivity (Wildman–Crippen MR) is 144 cm³/mol. The van der Waals surface area contributed by atoms with Crippen LogP contribution in [0.1, 0.15) is 34.7 Å². The predicted octanol–water partition coefficient (Wildman–Crippen LogP) is 5.17. The van der Waals surface area contributed by atoms with Crippen LogP contribution in [0.25, 0.3) is 0 Å². The van der Waals surface area contributed by atoms with Crippen LogP contribution >= 0.6 is 15.9 Å². The molecule has 0 spiro atoms. The first-order chi connectivity index (χ1) is 18.4. The molecular weight excluding hydrogens is 548 g/mol. The summed E-state index contributed by atoms with van der Waals surface area (Å²) in [5.74, 6) is -1.57. The van der Waals surface area contributed by atoms with Gasteiger partial charge >= 0.3 is 5.97 Å². The molecule has 3 aromatic carbocycles. The number of hydrogen-bond donors (Lipinski definition) is 1. The van der Waals surface area contributed by atoms with Crippen LogP contribution in [0.2, 0.25) is 0 Å². The van der Waals surface area contributed by atoms with Crippen LogP contribution in [0.15, 0.2) is 83.3 Å². The van der Waals surface area contributed by atoms with Crippen molar-refractivity contribution in [2.75, 3.05) is 16.8 Å². The summed E-state index contributed by atoms with van der Waals surface area (Å²) in [5.41, 5.74) is 2.34. The van der Waals surface area contributed by atoms with Crippen LogP contribution in [0.5, 0.6) is 0 Å². The summed E-state index contributed by atoms with van der Waals surface area (Å²) in [6, 6.07) is 23.5. The number of imide groups is 1. The van der Waals surface area contributed by atoms with E-state index in [1.165, 1.54) is 16.5 Å². The zero-order valence-electron chi connectivity index (χ0n) is 20.4. The molecule has 2 bridgehead atoms. The van der Waals surface area contributed by atoms with Gasteiger partial charge in [0.1, 0.15) is 0 Å². The third-order valence-corrected chi connectivity index (χ3v) is 8.57. The van der Waals surface area contributed by atoms with Crippen LogP contribution in [-0.2, 0) is 19.1 Å². The topological polar surface area (TPSA) is 92.8 Å². The van der Waals surface area contributed by atoms with E-state index in [-0.39, 0.29) is 47.0 Å². The molecule has 0 unspecified atom stereocenters. The van der Waals surface area contributed by atoms with Crippen molar-refractivity contribution in [2.24, 2.45) is 23.7 Å². The number of hydrogen-bond acceptors (Lipinski definition) is 5. The molecule has 38 heavy (non-hydrogen) atoms. The summed E-state index contributed by atoms with van der Waals surface area (Å²) in [6.07, 6.45) is 1.81. The van der Waals surface area contributed by atoms with Crippen molar-refractivity contribution in [3.63, 3.8) is 0 Å². The average Bonchev–Trinajstić information content (AvgIpc) is 3.60. The van der Waals surface area contributed by atoms with E-state index in [2.05, 4.69) is 33.4 Å². The lowest BCUT2D eigenvalue weighted by atomic mass is 9.73. The highest BCUT2D eigenvalue weighted by atomic mass is 79.9. The molecule has 1 N–H and O–H groups in total. The van der Waals surface area contributed by atoms with E-state index >= 15 is 0 Å². The van der Waals surface area contributed by atoms with E-state index in [0.29, 0.717) is 11.4 Å². The summed E-state index contributed by atoms with van der Waals surface area (Å²) < 4.78 is 6.07. The second kappa shape index (κ2) is 9.83. The Bertz CT molecular complexity index is 1420. The fourth-order valence-electron chi connectivity index (χ4n) is 6.51. The van der Waals surface area contributed by atoms with Crippen LogP contribution < -0.4 is 10.2 Å². The Morgan fingerprint density at radius 1 is 0.895 bits per heavy atom. The zero-order valence-corrected chi connectivity index (χ0v) is 22.0. The molecule has 0 radical (unpaired) electrons. The smallest absolute Gasteiger partial charge is 0.338 e. The molecule has 0 aromatic heterocycles. The average molecular weight is 573 g/mol. The van der Waals surface area contributed by atoms with Crippen molar-refractivity contribution in [3.8, 4) is 0 Å². The Kier molecular flexibility index (Phi) is 6.35. The van der Waals surface area contributed by atoms with Crippen LogP contribution in [0.3, 0.4) is 0 Å². The zero-order chi connectivity index (χ0) is 26.4. The lowest BCUT2D eigenvalue weighted by Crippen LogP contribution is -2.33. The summed E-state index contributed by atoms with van der Waals surface area (Å²) >= 11 is 3.33. The number of carbonyl (C=O) groups is 4. The summed E-state index contributed by atoms with van der Waals surface area (Å²) in [7, 11) is 0. The van der Waals surface area contributed by atoms with Crippen molar-refractivity contribution >= 4 is 51.0 Å². The largest absolute Gasteiger partial charge is 0.452 e. The molecule has 3 aromatic rings. The first-order valence-corrected chi connectivity index (χ1v) is 13.5. The van der Waals surface area contributed by atoms with Crippen LogP contribution in [0, 0.1) is 23.7 Å². The fourth-order valence-corrected chi connectivity index (χ4v) is 6.78. The molecule has 8 heteroatoms. The number of ether oxygens (including phenoxy) is 1. The number of carbonyl (C=O) groups excluding carboxylic acids is 4. The molecule has 5 atom stereocenters. The minimum Gasteiger partial charge on any atom is -0.452 e. The lowest BCUT2D eigenvalue weighted by Gasteiger charge is -2.28. The number of amides is 3. The lowest BCUT2D eigenvalue weighted by molar-refractivity contribution is -0.123. The van der Waals surface area contributed by atoms with Gasteiger partial charge < -0.3 is 10.1 Å². The first kappa shape index (κ1) is 24.6. The highest BCUT2D eigenvalue weighted by molar-refractivity contribution is 9.10. The van der Waals surface area contributed by atoms with Gasteiger partial charge in [0.2, 0.25) is 11.8 Å².